The van der Waals surface area contributed by atoms with Crippen LogP contribution in [-0.4, -0.2) is 20.3 Å². The van der Waals surface area contributed by atoms with Crippen molar-refractivity contribution in [1.29, 1.82) is 0 Å². The van der Waals surface area contributed by atoms with Crippen LogP contribution in [0.15, 0.2) is 30.6 Å². The van der Waals surface area contributed by atoms with Crippen molar-refractivity contribution in [3.8, 4) is 0 Å². The quantitative estimate of drug-likeness (QED) is 0.755. The lowest BCUT2D eigenvalue weighted by molar-refractivity contribution is 0.102. The Morgan fingerprint density at radius 3 is 2.94 bits per heavy atom. The summed E-state index contributed by atoms with van der Waals surface area (Å²) in [6.45, 7) is 4.74. The summed E-state index contributed by atoms with van der Waals surface area (Å²) in [5.74, 6) is 0.345. The highest BCUT2D eigenvalue weighted by molar-refractivity contribution is 6.05. The van der Waals surface area contributed by atoms with Gasteiger partial charge in [-0.05, 0) is 25.5 Å². The van der Waals surface area contributed by atoms with E-state index in [-0.39, 0.29) is 5.78 Å². The maximum Gasteiger partial charge on any atom is 0.246 e. The minimum Gasteiger partial charge on any atom is -0.328 e. The van der Waals surface area contributed by atoms with Gasteiger partial charge in [-0.2, -0.15) is 0 Å². The van der Waals surface area contributed by atoms with Crippen LogP contribution in [0.1, 0.15) is 35.4 Å². The van der Waals surface area contributed by atoms with E-state index in [1.807, 2.05) is 29.8 Å². The first-order valence-electron chi connectivity index (χ1n) is 5.72. The summed E-state index contributed by atoms with van der Waals surface area (Å²) in [7, 11) is 0. The second kappa shape index (κ2) is 4.91. The largest absolute Gasteiger partial charge is 0.328 e. The molecule has 0 aliphatic carbocycles. The first kappa shape index (κ1) is 11.5. The molecule has 0 aliphatic heterocycles. The molecule has 4 heteroatoms. The van der Waals surface area contributed by atoms with Crippen LogP contribution in [0.25, 0.3) is 0 Å². The molecule has 0 N–H and O–H groups in total. The molecule has 0 aliphatic rings. The second-order valence-electron chi connectivity index (χ2n) is 3.94. The number of pyridine rings is 1. The lowest BCUT2D eigenvalue weighted by atomic mass is 10.2. The Bertz CT molecular complexity index is 531. The zero-order valence-electron chi connectivity index (χ0n) is 10.1. The standard InChI is InChI=1S/C13H15N3O/c1-3-8-16-9-7-14-13(16)12(17)11-6-4-5-10(2)15-11/h4-7,9H,3,8H2,1-2H3. The minimum absolute atomic E-state index is 0.118. The molecule has 2 aromatic heterocycles. The van der Waals surface area contributed by atoms with E-state index in [1.165, 1.54) is 0 Å². The van der Waals surface area contributed by atoms with Crippen molar-refractivity contribution in [1.82, 2.24) is 14.5 Å². The van der Waals surface area contributed by atoms with E-state index in [1.54, 1.807) is 12.3 Å². The fourth-order valence-electron chi connectivity index (χ4n) is 1.72. The molecule has 0 radical (unpaired) electrons. The average Bonchev–Trinajstić information content (AvgIpc) is 2.77. The van der Waals surface area contributed by atoms with Crippen LogP contribution in [0.3, 0.4) is 0 Å². The summed E-state index contributed by atoms with van der Waals surface area (Å²) >= 11 is 0. The van der Waals surface area contributed by atoms with E-state index in [4.69, 9.17) is 0 Å². The molecule has 0 saturated carbocycles. The van der Waals surface area contributed by atoms with Crippen molar-refractivity contribution in [2.24, 2.45) is 0 Å². The summed E-state index contributed by atoms with van der Waals surface area (Å²) in [4.78, 5) is 20.6. The van der Waals surface area contributed by atoms with Gasteiger partial charge in [0.2, 0.25) is 5.78 Å². The van der Waals surface area contributed by atoms with Crippen LogP contribution >= 0.6 is 0 Å². The maximum atomic E-state index is 12.2. The summed E-state index contributed by atoms with van der Waals surface area (Å²) < 4.78 is 1.87. The third kappa shape index (κ3) is 2.41. The van der Waals surface area contributed by atoms with Crippen LogP contribution in [0.4, 0.5) is 0 Å². The van der Waals surface area contributed by atoms with Gasteiger partial charge in [-0.25, -0.2) is 9.97 Å². The molecule has 0 atom stereocenters. The van der Waals surface area contributed by atoms with Gasteiger partial charge in [-0.15, -0.1) is 0 Å². The summed E-state index contributed by atoms with van der Waals surface area (Å²) in [5, 5.41) is 0. The molecule has 0 amide bonds. The number of carbonyl (C=O) groups is 1. The average molecular weight is 229 g/mol. The first-order valence-corrected chi connectivity index (χ1v) is 5.72. The molecule has 17 heavy (non-hydrogen) atoms. The Labute approximate surface area is 100 Å². The zero-order valence-corrected chi connectivity index (χ0v) is 10.1. The van der Waals surface area contributed by atoms with E-state index >= 15 is 0 Å². The number of aryl methyl sites for hydroxylation is 2. The van der Waals surface area contributed by atoms with Gasteiger partial charge >= 0.3 is 0 Å². The molecule has 2 rings (SSSR count). The van der Waals surface area contributed by atoms with Gasteiger partial charge in [0, 0.05) is 24.6 Å². The molecule has 2 aromatic rings. The van der Waals surface area contributed by atoms with Crippen molar-refractivity contribution in [3.05, 3.63) is 47.8 Å². The number of aromatic nitrogens is 3. The van der Waals surface area contributed by atoms with Gasteiger partial charge < -0.3 is 4.57 Å². The van der Waals surface area contributed by atoms with Crippen molar-refractivity contribution >= 4 is 5.78 Å². The number of rotatable bonds is 4. The summed E-state index contributed by atoms with van der Waals surface area (Å²) in [5.41, 5.74) is 1.29. The van der Waals surface area contributed by atoms with Gasteiger partial charge in [0.25, 0.3) is 0 Å². The predicted molar refractivity (Wildman–Crippen MR) is 64.9 cm³/mol. The molecular formula is C13H15N3O. The molecular weight excluding hydrogens is 214 g/mol. The molecule has 0 aromatic carbocycles. The Kier molecular flexibility index (Phi) is 3.32. The zero-order chi connectivity index (χ0) is 12.3. The normalized spacial score (nSPS) is 10.5. The van der Waals surface area contributed by atoms with Crippen molar-refractivity contribution in [2.75, 3.05) is 0 Å². The molecule has 0 saturated heterocycles. The van der Waals surface area contributed by atoms with Gasteiger partial charge in [-0.3, -0.25) is 4.79 Å². The van der Waals surface area contributed by atoms with E-state index in [2.05, 4.69) is 16.9 Å². The highest BCUT2D eigenvalue weighted by Gasteiger charge is 2.15. The Balaban J connectivity index is 2.33. The lowest BCUT2D eigenvalue weighted by Gasteiger charge is -2.05. The monoisotopic (exact) mass is 229 g/mol. The Morgan fingerprint density at radius 2 is 2.24 bits per heavy atom. The topological polar surface area (TPSA) is 47.8 Å². The summed E-state index contributed by atoms with van der Waals surface area (Å²) in [6, 6.07) is 5.43. The molecule has 2 heterocycles. The molecule has 0 fully saturated rings. The molecule has 88 valence electrons. The lowest BCUT2D eigenvalue weighted by Crippen LogP contribution is -2.12. The Morgan fingerprint density at radius 1 is 1.41 bits per heavy atom. The fourth-order valence-corrected chi connectivity index (χ4v) is 1.72. The number of nitrogens with zero attached hydrogens (tertiary/aromatic N) is 3. The molecule has 4 nitrogen and oxygen atoms in total. The van der Waals surface area contributed by atoms with Gasteiger partial charge in [0.15, 0.2) is 5.82 Å². The number of imidazole rings is 1. The molecule has 0 unspecified atom stereocenters. The van der Waals surface area contributed by atoms with Crippen LogP contribution < -0.4 is 0 Å². The van der Waals surface area contributed by atoms with E-state index in [0.29, 0.717) is 11.5 Å². The maximum absolute atomic E-state index is 12.2. The number of carbonyl (C=O) groups excluding carboxylic acids is 1. The van der Waals surface area contributed by atoms with Crippen LogP contribution in [0.2, 0.25) is 0 Å². The first-order chi connectivity index (χ1) is 8.22. The van der Waals surface area contributed by atoms with Crippen LogP contribution in [0.5, 0.6) is 0 Å². The number of hydrogen-bond acceptors (Lipinski definition) is 3. The minimum atomic E-state index is -0.118. The smallest absolute Gasteiger partial charge is 0.246 e. The number of hydrogen-bond donors (Lipinski definition) is 0. The Hall–Kier alpha value is -1.97. The SMILES string of the molecule is CCCn1ccnc1C(=O)c1cccc(C)n1. The van der Waals surface area contributed by atoms with E-state index in [0.717, 1.165) is 18.7 Å². The molecule has 0 spiro atoms. The van der Waals surface area contributed by atoms with E-state index in [9.17, 15) is 4.79 Å². The number of ketones is 1. The van der Waals surface area contributed by atoms with Gasteiger partial charge in [-0.1, -0.05) is 13.0 Å². The third-order valence-electron chi connectivity index (χ3n) is 2.50. The summed E-state index contributed by atoms with van der Waals surface area (Å²) in [6.07, 6.45) is 4.45. The second-order valence-corrected chi connectivity index (χ2v) is 3.94. The van der Waals surface area contributed by atoms with Crippen molar-refractivity contribution in [2.45, 2.75) is 26.8 Å². The van der Waals surface area contributed by atoms with E-state index < -0.39 is 0 Å². The highest BCUT2D eigenvalue weighted by Crippen LogP contribution is 2.07. The molecule has 0 bridgehead atoms. The van der Waals surface area contributed by atoms with Crippen LogP contribution in [0, 0.1) is 6.92 Å². The van der Waals surface area contributed by atoms with Crippen molar-refractivity contribution < 1.29 is 4.79 Å². The third-order valence-corrected chi connectivity index (χ3v) is 2.50. The van der Waals surface area contributed by atoms with Crippen LogP contribution in [-0.2, 0) is 6.54 Å². The van der Waals surface area contributed by atoms with Crippen molar-refractivity contribution in [3.63, 3.8) is 0 Å². The van der Waals surface area contributed by atoms with Gasteiger partial charge in [0.1, 0.15) is 5.69 Å². The predicted octanol–water partition coefficient (Wildman–Crippen LogP) is 2.23. The fraction of sp³-hybridized carbons (Fsp3) is 0.308. The highest BCUT2D eigenvalue weighted by atomic mass is 16.1. The van der Waals surface area contributed by atoms with Gasteiger partial charge in [0.05, 0.1) is 0 Å².